The fraction of sp³-hybridized carbons (Fsp3) is 0.0139. The summed E-state index contributed by atoms with van der Waals surface area (Å²) in [4.78, 5) is 30.9. The molecule has 80 heavy (non-hydrogen) atoms. The predicted molar refractivity (Wildman–Crippen MR) is 334 cm³/mol. The predicted octanol–water partition coefficient (Wildman–Crippen LogP) is 11.8. The van der Waals surface area contributed by atoms with Gasteiger partial charge in [-0.25, -0.2) is 0 Å². The Morgan fingerprint density at radius 3 is 1.20 bits per heavy atom. The van der Waals surface area contributed by atoms with Crippen LogP contribution in [0.1, 0.15) is 21.5 Å². The molecule has 378 valence electrons. The van der Waals surface area contributed by atoms with Crippen molar-refractivity contribution in [2.75, 3.05) is 14.7 Å². The summed E-state index contributed by atoms with van der Waals surface area (Å²) in [6, 6.07) is 100. The summed E-state index contributed by atoms with van der Waals surface area (Å²) >= 11 is -7.15. The van der Waals surface area contributed by atoms with E-state index in [0.29, 0.717) is 0 Å². The Morgan fingerprint density at radius 2 is 0.700 bits per heavy atom. The van der Waals surface area contributed by atoms with Gasteiger partial charge in [0.15, 0.2) is 0 Å². The van der Waals surface area contributed by atoms with Crippen LogP contribution >= 0.6 is 0 Å². The second-order valence-corrected chi connectivity index (χ2v) is 36.2. The van der Waals surface area contributed by atoms with Gasteiger partial charge in [-0.05, 0) is 0 Å². The number of carbonyl (C=O) groups excluding carboxylic acids is 1. The zero-order chi connectivity index (χ0) is 53.4. The van der Waals surface area contributed by atoms with Gasteiger partial charge in [-0.1, -0.05) is 0 Å². The molecule has 2 spiro atoms. The molecule has 16 rings (SSSR count). The maximum absolute atomic E-state index is 13.7. The van der Waals surface area contributed by atoms with E-state index >= 15 is 0 Å². The molecule has 0 saturated heterocycles. The van der Waals surface area contributed by atoms with Crippen molar-refractivity contribution in [2.24, 2.45) is 0 Å². The third-order valence-corrected chi connectivity index (χ3v) is 37.2. The van der Waals surface area contributed by atoms with Gasteiger partial charge in [0.05, 0.1) is 0 Å². The van der Waals surface area contributed by atoms with Crippen LogP contribution in [0, 0.1) is 6.92 Å². The van der Waals surface area contributed by atoms with Crippen LogP contribution in [0.4, 0.5) is 51.2 Å². The Kier molecular flexibility index (Phi) is 11.5. The quantitative estimate of drug-likeness (QED) is 0.160. The Labute approximate surface area is 471 Å². The third-order valence-electron chi connectivity index (χ3n) is 16.6. The van der Waals surface area contributed by atoms with E-state index < -0.39 is 26.5 Å². The van der Waals surface area contributed by atoms with Crippen molar-refractivity contribution in [2.45, 2.75) is 6.92 Å². The fourth-order valence-corrected chi connectivity index (χ4v) is 36.5. The van der Waals surface area contributed by atoms with Gasteiger partial charge in [-0.2, -0.15) is 0 Å². The molecule has 0 amide bonds. The summed E-state index contributed by atoms with van der Waals surface area (Å²) in [5.41, 5.74) is 15.6. The number of benzene rings is 10. The molecule has 6 nitrogen and oxygen atoms in total. The molecule has 0 radical (unpaired) electrons. The molecule has 8 heteroatoms. The van der Waals surface area contributed by atoms with Crippen LogP contribution in [0.3, 0.4) is 0 Å². The monoisotopic (exact) mass is 1150 g/mol. The summed E-state index contributed by atoms with van der Waals surface area (Å²) in [6.45, 7) is 2.21. The van der Waals surface area contributed by atoms with Crippen molar-refractivity contribution in [3.8, 4) is 11.4 Å². The van der Waals surface area contributed by atoms with E-state index in [4.69, 9.17) is 9.97 Å². The molecule has 0 bridgehead atoms. The average molecular weight is 1150 g/mol. The first-order valence-corrected chi connectivity index (χ1v) is 35.7. The molecule has 0 unspecified atom stereocenters. The van der Waals surface area contributed by atoms with E-state index in [9.17, 15) is 4.79 Å². The van der Waals surface area contributed by atoms with Crippen molar-refractivity contribution in [3.63, 3.8) is 0 Å². The summed E-state index contributed by atoms with van der Waals surface area (Å²) in [6.07, 6.45) is 3.83. The number of hydrogen-bond acceptors (Lipinski definition) is 6. The number of aromatic nitrogens is 2. The number of anilines is 9. The maximum atomic E-state index is 13.7. The first kappa shape index (κ1) is 47.8. The van der Waals surface area contributed by atoms with Gasteiger partial charge in [0.25, 0.3) is 0 Å². The van der Waals surface area contributed by atoms with Gasteiger partial charge in [0, 0.05) is 0 Å². The van der Waals surface area contributed by atoms with E-state index in [0.717, 1.165) is 51.0 Å². The summed E-state index contributed by atoms with van der Waals surface area (Å²) in [5.74, 6) is 0.142. The van der Waals surface area contributed by atoms with Gasteiger partial charge in [0.2, 0.25) is 0 Å². The number of rotatable bonds is 5. The number of carbonyl (C=O) groups is 1. The molecular weight excluding hydrogens is 1100 g/mol. The SMILES string of the molecule is Cc1ccc2[c](c1)[Ge]1([c]3cc(N(c4ccccc4)c4ccccc4)ccc3N2c2ccccc2)[c]2cccnc2-c2nccc[c]21.O=C1c2cccc[c]2[Ge]2([c]3ccccc31)[c]1ccccc1N(c1ccccc1)c1cccc[c]12. The number of nitrogens with zero attached hydrogens (tertiary/aromatic N) is 5. The van der Waals surface area contributed by atoms with Gasteiger partial charge in [-0.3, -0.25) is 0 Å². The number of aryl methyl sites for hydroxylation is 1. The Bertz CT molecular complexity index is 4200. The van der Waals surface area contributed by atoms with Crippen LogP contribution in [0.2, 0.25) is 0 Å². The third kappa shape index (κ3) is 7.08. The van der Waals surface area contributed by atoms with Crippen molar-refractivity contribution in [1.82, 2.24) is 9.97 Å². The van der Waals surface area contributed by atoms with E-state index in [1.807, 2.05) is 36.7 Å². The van der Waals surface area contributed by atoms with E-state index in [-0.39, 0.29) is 5.78 Å². The molecular formula is C72H51Ge2N5O. The summed E-state index contributed by atoms with van der Waals surface area (Å²) < 4.78 is 10.7. The number of hydrogen-bond donors (Lipinski definition) is 0. The minimum absolute atomic E-state index is 0.142. The van der Waals surface area contributed by atoms with Gasteiger partial charge in [-0.15, -0.1) is 0 Å². The van der Waals surface area contributed by atoms with Crippen LogP contribution in [-0.4, -0.2) is 42.3 Å². The van der Waals surface area contributed by atoms with Gasteiger partial charge < -0.3 is 0 Å². The number of para-hydroxylation sites is 6. The van der Waals surface area contributed by atoms with Crippen LogP contribution in [0.15, 0.2) is 291 Å². The number of ketones is 1. The second-order valence-electron chi connectivity index (χ2n) is 20.8. The zero-order valence-corrected chi connectivity index (χ0v) is 48.1. The molecule has 0 saturated carbocycles. The summed E-state index contributed by atoms with van der Waals surface area (Å²) in [7, 11) is 0. The molecule has 4 aliphatic rings. The first-order valence-electron chi connectivity index (χ1n) is 27.3. The van der Waals surface area contributed by atoms with Crippen molar-refractivity contribution < 1.29 is 4.79 Å². The Hall–Kier alpha value is -9.34. The van der Waals surface area contributed by atoms with Crippen LogP contribution in [-0.2, 0) is 0 Å². The fourth-order valence-electron chi connectivity index (χ4n) is 13.5. The molecule has 6 heterocycles. The van der Waals surface area contributed by atoms with Crippen LogP contribution in [0.25, 0.3) is 11.4 Å². The Balaban J connectivity index is 0.000000144. The van der Waals surface area contributed by atoms with Crippen LogP contribution < -0.4 is 49.9 Å². The molecule has 2 aromatic heterocycles. The number of pyridine rings is 2. The molecule has 0 atom stereocenters. The topological polar surface area (TPSA) is 52.6 Å². The first-order chi connectivity index (χ1) is 39.6. The molecule has 10 aromatic carbocycles. The van der Waals surface area contributed by atoms with Crippen molar-refractivity contribution in [1.29, 1.82) is 0 Å². The van der Waals surface area contributed by atoms with E-state index in [1.54, 1.807) is 0 Å². The van der Waals surface area contributed by atoms with Crippen LogP contribution in [0.5, 0.6) is 0 Å². The summed E-state index contributed by atoms with van der Waals surface area (Å²) in [5, 5.41) is 0. The molecule has 12 aromatic rings. The minimum atomic E-state index is -3.67. The second kappa shape index (κ2) is 19.2. The van der Waals surface area contributed by atoms with Crippen molar-refractivity contribution >= 4 is 119 Å². The van der Waals surface area contributed by atoms with E-state index in [1.165, 1.54) is 63.5 Å². The van der Waals surface area contributed by atoms with Crippen molar-refractivity contribution in [3.05, 3.63) is 308 Å². The molecule has 4 aliphatic heterocycles. The molecule has 0 N–H and O–H groups in total. The van der Waals surface area contributed by atoms with Gasteiger partial charge >= 0.3 is 475 Å². The Morgan fingerprint density at radius 1 is 0.325 bits per heavy atom. The zero-order valence-electron chi connectivity index (χ0n) is 43.9. The average Bonchev–Trinajstić information content (AvgIpc) is 3.97. The van der Waals surface area contributed by atoms with Gasteiger partial charge in [0.1, 0.15) is 0 Å². The number of fused-ring (bicyclic) bond motifs is 17. The standard InChI is InChI=1S/C41H30GeN4.C31H21GeNO/c1-29-21-23-38-36(27-29)42(34-19-11-25-43-40(34)41-35(42)20-12-26-44-41)37-28-33(22-24-39(37)46(38)32-17-9-4-10-18-32)45(30-13-5-2-6-14-30)31-15-7-3-8-16-31;34-31-23-14-4-6-16-25(23)32(26-17-7-5-15-24(26)31)27-18-8-10-20-29(27)33(22-12-2-1-3-13-22)30-21-11-9-19-28(30)32/h2-28H,1H3;1-21H. The molecule has 0 aliphatic carbocycles. The van der Waals surface area contributed by atoms with E-state index in [2.05, 4.69) is 276 Å². The molecule has 0 fully saturated rings. The normalized spacial score (nSPS) is 14.0.